The Balaban J connectivity index is 1.84. The van der Waals surface area contributed by atoms with E-state index >= 15 is 0 Å². The summed E-state index contributed by atoms with van der Waals surface area (Å²) in [5.41, 5.74) is 2.07. The summed E-state index contributed by atoms with van der Waals surface area (Å²) in [6, 6.07) is 9.27. The maximum absolute atomic E-state index is 12.5. The number of anilines is 1. The molecule has 10 heteroatoms. The SMILES string of the molecule is Cc1cc(NC(=O)Cn2nc(C)c([N+](=O)[O-])c2C)n(-c2cccc(Br)c2)n1. The standard InChI is InChI=1S/C17H17BrN6O3/c1-10-7-15(23(20-10)14-6-4-5-13(18)8-14)19-16(25)9-22-12(3)17(24(26)27)11(2)21-22/h4-8H,9H2,1-3H3,(H,19,25). The summed E-state index contributed by atoms with van der Waals surface area (Å²) in [5.74, 6) is 0.151. The van der Waals surface area contributed by atoms with Crippen LogP contribution in [-0.4, -0.2) is 30.4 Å². The van der Waals surface area contributed by atoms with Crippen molar-refractivity contribution in [2.24, 2.45) is 0 Å². The third kappa shape index (κ3) is 3.90. The molecule has 2 heterocycles. The van der Waals surface area contributed by atoms with Crippen LogP contribution in [0.4, 0.5) is 11.5 Å². The first-order chi connectivity index (χ1) is 12.8. The molecule has 1 aromatic carbocycles. The second kappa shape index (κ2) is 7.31. The summed E-state index contributed by atoms with van der Waals surface area (Å²) in [4.78, 5) is 23.1. The highest BCUT2D eigenvalue weighted by Gasteiger charge is 2.23. The minimum atomic E-state index is -0.488. The molecule has 0 unspecified atom stereocenters. The Morgan fingerprint density at radius 1 is 1.26 bits per heavy atom. The number of carbonyl (C=O) groups is 1. The Kier molecular flexibility index (Phi) is 5.08. The highest BCUT2D eigenvalue weighted by Crippen LogP contribution is 2.23. The van der Waals surface area contributed by atoms with E-state index in [1.165, 1.54) is 4.68 Å². The van der Waals surface area contributed by atoms with E-state index in [9.17, 15) is 14.9 Å². The third-order valence-electron chi connectivity index (χ3n) is 3.97. The predicted molar refractivity (Wildman–Crippen MR) is 103 cm³/mol. The number of amides is 1. The lowest BCUT2D eigenvalue weighted by Gasteiger charge is -2.10. The number of nitro groups is 1. The topological polar surface area (TPSA) is 108 Å². The molecule has 0 fully saturated rings. The van der Waals surface area contributed by atoms with Crippen molar-refractivity contribution in [2.45, 2.75) is 27.3 Å². The second-order valence-electron chi connectivity index (χ2n) is 6.04. The smallest absolute Gasteiger partial charge is 0.309 e. The lowest BCUT2D eigenvalue weighted by Crippen LogP contribution is -2.22. The molecule has 0 spiro atoms. The van der Waals surface area contributed by atoms with Gasteiger partial charge in [0, 0.05) is 10.5 Å². The molecule has 0 radical (unpaired) electrons. The highest BCUT2D eigenvalue weighted by atomic mass is 79.9. The van der Waals surface area contributed by atoms with Crippen molar-refractivity contribution in [3.05, 3.63) is 62.0 Å². The number of aryl methyl sites for hydroxylation is 2. The van der Waals surface area contributed by atoms with Crippen LogP contribution in [0.3, 0.4) is 0 Å². The molecule has 0 aliphatic rings. The van der Waals surface area contributed by atoms with Gasteiger partial charge >= 0.3 is 5.69 Å². The largest absolute Gasteiger partial charge is 0.312 e. The van der Waals surface area contributed by atoms with E-state index in [2.05, 4.69) is 31.4 Å². The molecule has 27 heavy (non-hydrogen) atoms. The molecule has 0 aliphatic heterocycles. The van der Waals surface area contributed by atoms with Crippen LogP contribution < -0.4 is 5.32 Å². The molecular formula is C17H17BrN6O3. The molecule has 0 saturated carbocycles. The Labute approximate surface area is 163 Å². The van der Waals surface area contributed by atoms with Crippen molar-refractivity contribution in [3.63, 3.8) is 0 Å². The van der Waals surface area contributed by atoms with Crippen molar-refractivity contribution in [1.82, 2.24) is 19.6 Å². The van der Waals surface area contributed by atoms with Gasteiger partial charge in [0.05, 0.1) is 16.3 Å². The molecule has 3 rings (SSSR count). The number of carbonyl (C=O) groups excluding carboxylic acids is 1. The molecule has 1 amide bonds. The van der Waals surface area contributed by atoms with Gasteiger partial charge < -0.3 is 5.32 Å². The van der Waals surface area contributed by atoms with Crippen LogP contribution in [0.5, 0.6) is 0 Å². The summed E-state index contributed by atoms with van der Waals surface area (Å²) < 4.78 is 3.84. The summed E-state index contributed by atoms with van der Waals surface area (Å²) in [5, 5.41) is 22.4. The van der Waals surface area contributed by atoms with Crippen LogP contribution in [0.2, 0.25) is 0 Å². The zero-order valence-electron chi connectivity index (χ0n) is 14.9. The zero-order chi connectivity index (χ0) is 19.7. The fourth-order valence-corrected chi connectivity index (χ4v) is 3.20. The van der Waals surface area contributed by atoms with Crippen molar-refractivity contribution in [1.29, 1.82) is 0 Å². The lowest BCUT2D eigenvalue weighted by atomic mass is 10.3. The first-order valence-electron chi connectivity index (χ1n) is 8.07. The number of aromatic nitrogens is 4. The number of nitrogens with one attached hydrogen (secondary N) is 1. The molecular weight excluding hydrogens is 416 g/mol. The van der Waals surface area contributed by atoms with Gasteiger partial charge in [-0.1, -0.05) is 22.0 Å². The number of halogens is 1. The van der Waals surface area contributed by atoms with E-state index in [-0.39, 0.29) is 23.8 Å². The zero-order valence-corrected chi connectivity index (χ0v) is 16.5. The van der Waals surface area contributed by atoms with Crippen LogP contribution in [0.1, 0.15) is 17.1 Å². The van der Waals surface area contributed by atoms with Gasteiger partial charge in [-0.2, -0.15) is 10.2 Å². The van der Waals surface area contributed by atoms with E-state index < -0.39 is 4.92 Å². The second-order valence-corrected chi connectivity index (χ2v) is 6.96. The molecule has 0 aliphatic carbocycles. The molecule has 2 aromatic heterocycles. The fourth-order valence-electron chi connectivity index (χ4n) is 2.82. The first kappa shape index (κ1) is 18.8. The number of rotatable bonds is 5. The third-order valence-corrected chi connectivity index (χ3v) is 4.46. The Morgan fingerprint density at radius 3 is 2.63 bits per heavy atom. The summed E-state index contributed by atoms with van der Waals surface area (Å²) in [7, 11) is 0. The van der Waals surface area contributed by atoms with Gasteiger partial charge in [-0.25, -0.2) is 4.68 Å². The number of benzene rings is 1. The maximum Gasteiger partial charge on any atom is 0.312 e. The Morgan fingerprint density at radius 2 is 2.00 bits per heavy atom. The first-order valence-corrected chi connectivity index (χ1v) is 8.86. The summed E-state index contributed by atoms with van der Waals surface area (Å²) >= 11 is 3.42. The van der Waals surface area contributed by atoms with E-state index in [0.717, 1.165) is 15.9 Å². The quantitative estimate of drug-likeness (QED) is 0.491. The summed E-state index contributed by atoms with van der Waals surface area (Å²) in [6.45, 7) is 4.81. The average molecular weight is 433 g/mol. The van der Waals surface area contributed by atoms with Gasteiger partial charge in [-0.15, -0.1) is 0 Å². The van der Waals surface area contributed by atoms with Crippen LogP contribution in [0.15, 0.2) is 34.8 Å². The molecule has 0 saturated heterocycles. The fraction of sp³-hybridized carbons (Fsp3) is 0.235. The average Bonchev–Trinajstić information content (AvgIpc) is 3.06. The van der Waals surface area contributed by atoms with Crippen LogP contribution in [-0.2, 0) is 11.3 Å². The monoisotopic (exact) mass is 432 g/mol. The Bertz CT molecular complexity index is 1040. The van der Waals surface area contributed by atoms with Crippen LogP contribution in [0.25, 0.3) is 5.69 Å². The maximum atomic E-state index is 12.5. The number of hydrogen-bond donors (Lipinski definition) is 1. The van der Waals surface area contributed by atoms with Gasteiger partial charge in [0.25, 0.3) is 0 Å². The molecule has 3 aromatic rings. The number of hydrogen-bond acceptors (Lipinski definition) is 5. The molecule has 0 atom stereocenters. The molecule has 1 N–H and O–H groups in total. The van der Waals surface area contributed by atoms with Gasteiger partial charge in [0.1, 0.15) is 23.8 Å². The summed E-state index contributed by atoms with van der Waals surface area (Å²) in [6.07, 6.45) is 0. The van der Waals surface area contributed by atoms with Crippen molar-refractivity contribution >= 4 is 33.3 Å². The van der Waals surface area contributed by atoms with Crippen molar-refractivity contribution in [2.75, 3.05) is 5.32 Å². The van der Waals surface area contributed by atoms with Gasteiger partial charge in [-0.3, -0.25) is 19.6 Å². The minimum absolute atomic E-state index is 0.0715. The van der Waals surface area contributed by atoms with Gasteiger partial charge in [0.2, 0.25) is 5.91 Å². The molecule has 140 valence electrons. The van der Waals surface area contributed by atoms with Crippen LogP contribution in [0, 0.1) is 30.9 Å². The highest BCUT2D eigenvalue weighted by molar-refractivity contribution is 9.10. The normalized spacial score (nSPS) is 10.8. The van der Waals surface area contributed by atoms with Gasteiger partial charge in [0.15, 0.2) is 0 Å². The van der Waals surface area contributed by atoms with Crippen molar-refractivity contribution < 1.29 is 9.72 Å². The minimum Gasteiger partial charge on any atom is -0.309 e. The van der Waals surface area contributed by atoms with Gasteiger partial charge in [-0.05, 0) is 39.0 Å². The predicted octanol–water partition coefficient (Wildman–Crippen LogP) is 3.30. The van der Waals surface area contributed by atoms with Crippen molar-refractivity contribution in [3.8, 4) is 5.69 Å². The number of nitrogens with zero attached hydrogens (tertiary/aromatic N) is 5. The van der Waals surface area contributed by atoms with E-state index in [1.54, 1.807) is 24.6 Å². The lowest BCUT2D eigenvalue weighted by molar-refractivity contribution is -0.386. The van der Waals surface area contributed by atoms with E-state index in [1.807, 2.05) is 31.2 Å². The van der Waals surface area contributed by atoms with E-state index in [4.69, 9.17) is 0 Å². The van der Waals surface area contributed by atoms with E-state index in [0.29, 0.717) is 11.5 Å². The Hall–Kier alpha value is -3.01. The molecule has 0 bridgehead atoms. The van der Waals surface area contributed by atoms with Crippen LogP contribution >= 0.6 is 15.9 Å². The molecule has 9 nitrogen and oxygen atoms in total.